The summed E-state index contributed by atoms with van der Waals surface area (Å²) in [5, 5.41) is 11.6. The van der Waals surface area contributed by atoms with Crippen molar-refractivity contribution in [3.8, 4) is 0 Å². The molecule has 0 fully saturated rings. The Morgan fingerprint density at radius 1 is 1.56 bits per heavy atom. The van der Waals surface area contributed by atoms with Gasteiger partial charge in [-0.05, 0) is 11.6 Å². The third-order valence-corrected chi connectivity index (χ3v) is 2.13. The van der Waals surface area contributed by atoms with E-state index in [1.807, 2.05) is 0 Å². The molecule has 0 aliphatic carbocycles. The number of carboxylic acid groups (broad SMARTS) is 1. The van der Waals surface area contributed by atoms with Gasteiger partial charge in [0.25, 0.3) is 0 Å². The van der Waals surface area contributed by atoms with Crippen molar-refractivity contribution in [1.82, 2.24) is 10.3 Å². The van der Waals surface area contributed by atoms with Gasteiger partial charge in [0.1, 0.15) is 11.2 Å². The first-order valence-corrected chi connectivity index (χ1v) is 4.97. The number of hydrogen-bond donors (Lipinski definition) is 2. The van der Waals surface area contributed by atoms with Crippen LogP contribution in [0, 0.1) is 0 Å². The Labute approximate surface area is 97.4 Å². The Morgan fingerprint density at radius 3 is 2.69 bits per heavy atom. The third kappa shape index (κ3) is 3.86. The second-order valence-corrected chi connectivity index (χ2v) is 3.67. The minimum absolute atomic E-state index is 0.180. The van der Waals surface area contributed by atoms with Crippen molar-refractivity contribution in [2.24, 2.45) is 0 Å². The van der Waals surface area contributed by atoms with Crippen molar-refractivity contribution in [1.29, 1.82) is 0 Å². The fourth-order valence-corrected chi connectivity index (χ4v) is 1.32. The molecular formula is C10H11ClN2O3. The number of rotatable bonds is 4. The summed E-state index contributed by atoms with van der Waals surface area (Å²) in [6, 6.07) is 2.30. The summed E-state index contributed by atoms with van der Waals surface area (Å²) in [5.41, 5.74) is 0.700. The molecule has 1 unspecified atom stereocenters. The Bertz CT molecular complexity index is 392. The van der Waals surface area contributed by atoms with Gasteiger partial charge in [-0.3, -0.25) is 4.79 Å². The zero-order valence-corrected chi connectivity index (χ0v) is 9.36. The number of carbonyl (C=O) groups is 2. The smallest absolute Gasteiger partial charge is 0.326 e. The van der Waals surface area contributed by atoms with E-state index < -0.39 is 12.0 Å². The molecule has 0 spiro atoms. The molecule has 0 aliphatic rings. The zero-order chi connectivity index (χ0) is 12.1. The average molecular weight is 243 g/mol. The fraction of sp³-hybridized carbons (Fsp3) is 0.300. The molecule has 0 bridgehead atoms. The number of pyridine rings is 1. The maximum Gasteiger partial charge on any atom is 0.326 e. The number of nitrogens with one attached hydrogen (secondary N) is 1. The molecule has 0 saturated carbocycles. The average Bonchev–Trinajstić information content (AvgIpc) is 2.19. The van der Waals surface area contributed by atoms with Gasteiger partial charge in [-0.25, -0.2) is 9.78 Å². The summed E-state index contributed by atoms with van der Waals surface area (Å²) in [5.74, 6) is -1.46. The molecule has 0 aliphatic heterocycles. The number of aromatic nitrogens is 1. The minimum Gasteiger partial charge on any atom is -0.480 e. The first-order chi connectivity index (χ1) is 7.49. The third-order valence-electron chi connectivity index (χ3n) is 1.90. The molecule has 1 heterocycles. The maximum absolute atomic E-state index is 10.8. The molecule has 2 N–H and O–H groups in total. The highest BCUT2D eigenvalue weighted by Gasteiger charge is 2.18. The normalized spacial score (nSPS) is 11.9. The molecule has 16 heavy (non-hydrogen) atoms. The largest absolute Gasteiger partial charge is 0.480 e. The Kier molecular flexibility index (Phi) is 4.25. The van der Waals surface area contributed by atoms with Gasteiger partial charge in [0.15, 0.2) is 0 Å². The van der Waals surface area contributed by atoms with E-state index in [0.29, 0.717) is 10.7 Å². The minimum atomic E-state index is -1.08. The van der Waals surface area contributed by atoms with Gasteiger partial charge in [0, 0.05) is 19.5 Å². The molecule has 1 aromatic heterocycles. The van der Waals surface area contributed by atoms with Crippen LogP contribution in [-0.4, -0.2) is 28.0 Å². The summed E-state index contributed by atoms with van der Waals surface area (Å²) < 4.78 is 0. The van der Waals surface area contributed by atoms with E-state index in [4.69, 9.17) is 16.7 Å². The topological polar surface area (TPSA) is 79.3 Å². The lowest BCUT2D eigenvalue weighted by atomic mass is 10.1. The molecule has 0 aromatic carbocycles. The van der Waals surface area contributed by atoms with Crippen molar-refractivity contribution in [2.45, 2.75) is 19.4 Å². The van der Waals surface area contributed by atoms with Gasteiger partial charge in [-0.1, -0.05) is 17.7 Å². The van der Waals surface area contributed by atoms with E-state index in [2.05, 4.69) is 10.3 Å². The summed E-state index contributed by atoms with van der Waals surface area (Å²) in [7, 11) is 0. The van der Waals surface area contributed by atoms with E-state index in [1.54, 1.807) is 12.1 Å². The van der Waals surface area contributed by atoms with Crippen molar-refractivity contribution in [2.75, 3.05) is 0 Å². The fourth-order valence-electron chi connectivity index (χ4n) is 1.21. The Morgan fingerprint density at radius 2 is 2.25 bits per heavy atom. The van der Waals surface area contributed by atoms with Crippen molar-refractivity contribution in [3.05, 3.63) is 29.0 Å². The standard InChI is InChI=1S/C10H11ClN2O3/c1-6(14)13-8(10(15)16)4-7-2-3-9(11)12-5-7/h2-3,5,8H,4H2,1H3,(H,13,14)(H,15,16). The zero-order valence-electron chi connectivity index (χ0n) is 8.61. The van der Waals surface area contributed by atoms with Crippen LogP contribution >= 0.6 is 11.6 Å². The second-order valence-electron chi connectivity index (χ2n) is 3.28. The summed E-state index contributed by atoms with van der Waals surface area (Å²) in [6.07, 6.45) is 1.67. The summed E-state index contributed by atoms with van der Waals surface area (Å²) >= 11 is 5.60. The number of halogens is 1. The van der Waals surface area contributed by atoms with E-state index >= 15 is 0 Å². The van der Waals surface area contributed by atoms with Crippen LogP contribution in [-0.2, 0) is 16.0 Å². The lowest BCUT2D eigenvalue weighted by Gasteiger charge is -2.12. The van der Waals surface area contributed by atoms with E-state index in [1.165, 1.54) is 13.1 Å². The maximum atomic E-state index is 10.8. The van der Waals surface area contributed by atoms with Crippen LogP contribution in [0.2, 0.25) is 5.15 Å². The molecule has 1 atom stereocenters. The summed E-state index contributed by atoms with van der Waals surface area (Å²) in [4.78, 5) is 25.5. The molecular weight excluding hydrogens is 232 g/mol. The number of hydrogen-bond acceptors (Lipinski definition) is 3. The molecule has 1 amide bonds. The predicted octanol–water partition coefficient (Wildman–Crippen LogP) is 0.867. The Hall–Kier alpha value is -1.62. The van der Waals surface area contributed by atoms with Gasteiger partial charge < -0.3 is 10.4 Å². The van der Waals surface area contributed by atoms with Gasteiger partial charge in [0.2, 0.25) is 5.91 Å². The number of carbonyl (C=O) groups excluding carboxylic acids is 1. The molecule has 86 valence electrons. The highest BCUT2D eigenvalue weighted by atomic mass is 35.5. The highest BCUT2D eigenvalue weighted by Crippen LogP contribution is 2.07. The van der Waals surface area contributed by atoms with Crippen molar-refractivity contribution < 1.29 is 14.7 Å². The second kappa shape index (κ2) is 5.46. The number of carboxylic acids is 1. The quantitative estimate of drug-likeness (QED) is 0.768. The molecule has 0 radical (unpaired) electrons. The predicted molar refractivity (Wildman–Crippen MR) is 58.2 cm³/mol. The molecule has 5 nitrogen and oxygen atoms in total. The van der Waals surface area contributed by atoms with Crippen LogP contribution in [0.3, 0.4) is 0 Å². The first kappa shape index (κ1) is 12.4. The monoisotopic (exact) mass is 242 g/mol. The van der Waals surface area contributed by atoms with Crippen molar-refractivity contribution in [3.63, 3.8) is 0 Å². The van der Waals surface area contributed by atoms with Gasteiger partial charge in [-0.2, -0.15) is 0 Å². The number of amides is 1. The van der Waals surface area contributed by atoms with Gasteiger partial charge >= 0.3 is 5.97 Å². The lowest BCUT2D eigenvalue weighted by Crippen LogP contribution is -2.41. The van der Waals surface area contributed by atoms with Crippen LogP contribution in [0.4, 0.5) is 0 Å². The van der Waals surface area contributed by atoms with E-state index in [-0.39, 0.29) is 12.3 Å². The van der Waals surface area contributed by atoms with Crippen LogP contribution < -0.4 is 5.32 Å². The molecule has 1 rings (SSSR count). The Balaban J connectivity index is 2.71. The highest BCUT2D eigenvalue weighted by molar-refractivity contribution is 6.29. The van der Waals surface area contributed by atoms with E-state index in [0.717, 1.165) is 0 Å². The van der Waals surface area contributed by atoms with Crippen molar-refractivity contribution >= 4 is 23.5 Å². The molecule has 0 saturated heterocycles. The van der Waals surface area contributed by atoms with Crippen LogP contribution in [0.1, 0.15) is 12.5 Å². The first-order valence-electron chi connectivity index (χ1n) is 4.59. The summed E-state index contributed by atoms with van der Waals surface area (Å²) in [6.45, 7) is 1.27. The molecule has 6 heteroatoms. The number of nitrogens with zero attached hydrogens (tertiary/aromatic N) is 1. The van der Waals surface area contributed by atoms with Crippen LogP contribution in [0.25, 0.3) is 0 Å². The van der Waals surface area contributed by atoms with Gasteiger partial charge in [0.05, 0.1) is 0 Å². The molecule has 1 aromatic rings. The number of aliphatic carboxylic acids is 1. The SMILES string of the molecule is CC(=O)NC(Cc1ccc(Cl)nc1)C(=O)O. The lowest BCUT2D eigenvalue weighted by molar-refractivity contribution is -0.141. The van der Waals surface area contributed by atoms with Gasteiger partial charge in [-0.15, -0.1) is 0 Å². The van der Waals surface area contributed by atoms with E-state index in [9.17, 15) is 9.59 Å². The van der Waals surface area contributed by atoms with Crippen LogP contribution in [0.5, 0.6) is 0 Å². The van der Waals surface area contributed by atoms with Crippen LogP contribution in [0.15, 0.2) is 18.3 Å².